The van der Waals surface area contributed by atoms with Crippen LogP contribution in [-0.4, -0.2) is 91.8 Å². The Bertz CT molecular complexity index is 1900. The summed E-state index contributed by atoms with van der Waals surface area (Å²) in [6, 6.07) is 4.15. The average molecular weight is 642 g/mol. The monoisotopic (exact) mass is 641 g/mol. The minimum absolute atomic E-state index is 0.0347. The van der Waals surface area contributed by atoms with Crippen LogP contribution in [0.2, 0.25) is 0 Å². The van der Waals surface area contributed by atoms with Gasteiger partial charge >= 0.3 is 6.09 Å². The van der Waals surface area contributed by atoms with Gasteiger partial charge in [0.2, 0.25) is 0 Å². The summed E-state index contributed by atoms with van der Waals surface area (Å²) in [7, 11) is 0. The first kappa shape index (κ1) is 29.8. The molecule has 47 heavy (non-hydrogen) atoms. The zero-order valence-electron chi connectivity index (χ0n) is 26.4. The van der Waals surface area contributed by atoms with Gasteiger partial charge in [-0.05, 0) is 49.7 Å². The summed E-state index contributed by atoms with van der Waals surface area (Å²) in [5, 5.41) is 28.6. The fraction of sp³-hybridized carbons (Fsp3) is 0.531. The van der Waals surface area contributed by atoms with Crippen molar-refractivity contribution in [3.8, 4) is 0 Å². The number of hydrogen-bond acceptors (Lipinski definition) is 9. The van der Waals surface area contributed by atoms with Gasteiger partial charge in [-0.1, -0.05) is 26.7 Å². The van der Waals surface area contributed by atoms with Gasteiger partial charge in [0.25, 0.3) is 0 Å². The number of nitrogens with zero attached hydrogens (tertiary/aromatic N) is 8. The van der Waals surface area contributed by atoms with Crippen LogP contribution in [0.5, 0.6) is 0 Å². The molecular weight excluding hydrogens is 602 g/mol. The van der Waals surface area contributed by atoms with E-state index in [9.17, 15) is 4.79 Å². The summed E-state index contributed by atoms with van der Waals surface area (Å²) in [5.41, 5.74) is 5.38. The highest BCUT2D eigenvalue weighted by Gasteiger charge is 2.42. The first-order valence-electron chi connectivity index (χ1n) is 16.6. The number of carboxylic acid groups (broad SMARTS) is 1. The predicted molar refractivity (Wildman–Crippen MR) is 171 cm³/mol. The second-order valence-corrected chi connectivity index (χ2v) is 13.0. The summed E-state index contributed by atoms with van der Waals surface area (Å²) in [6.07, 6.45) is 13.1. The van der Waals surface area contributed by atoms with Gasteiger partial charge in [0.05, 0.1) is 54.9 Å². The molecule has 2 saturated carbocycles. The van der Waals surface area contributed by atoms with Crippen molar-refractivity contribution in [2.75, 3.05) is 13.2 Å². The number of aromatic amines is 2. The highest BCUT2D eigenvalue weighted by Crippen LogP contribution is 2.47. The number of H-pyrrole nitrogens is 2. The first-order chi connectivity index (χ1) is 23.0. The van der Waals surface area contributed by atoms with Crippen molar-refractivity contribution < 1.29 is 19.4 Å². The summed E-state index contributed by atoms with van der Waals surface area (Å²) in [5.74, 6) is 3.71. The van der Waals surface area contributed by atoms with Crippen LogP contribution in [0.25, 0.3) is 33.6 Å². The van der Waals surface area contributed by atoms with E-state index in [1.54, 1.807) is 12.4 Å². The lowest BCUT2D eigenvalue weighted by molar-refractivity contribution is -0.00877. The Kier molecular flexibility index (Phi) is 7.72. The molecule has 1 amide bonds. The zero-order chi connectivity index (χ0) is 32.1. The summed E-state index contributed by atoms with van der Waals surface area (Å²) >= 11 is 0. The number of nitrogens with one attached hydrogen (secondary N) is 3. The highest BCUT2D eigenvalue weighted by atomic mass is 16.5. The Morgan fingerprint density at radius 1 is 0.851 bits per heavy atom. The SMILES string of the molecule is CC[C@@H]1C[C@@H](O[C@@H]2C[C@@H](CC)[C@@H](c3nnc4cnc5[nH]ccc5n34)C2)C[C@@H]1c1nnc2cnc3[nH]ccc3n12.O=C(O)NC1COC1. The molecule has 0 radical (unpaired) electrons. The van der Waals surface area contributed by atoms with Crippen LogP contribution in [0.15, 0.2) is 36.9 Å². The zero-order valence-corrected chi connectivity index (χ0v) is 26.4. The van der Waals surface area contributed by atoms with Gasteiger partial charge in [0.1, 0.15) is 11.6 Å². The summed E-state index contributed by atoms with van der Waals surface area (Å²) in [6.45, 7) is 5.60. The van der Waals surface area contributed by atoms with Crippen molar-refractivity contribution in [1.29, 1.82) is 0 Å². The maximum absolute atomic E-state index is 9.84. The van der Waals surface area contributed by atoms with Crippen LogP contribution in [0.4, 0.5) is 4.79 Å². The maximum Gasteiger partial charge on any atom is 0.405 e. The third kappa shape index (κ3) is 5.36. The lowest BCUT2D eigenvalue weighted by Gasteiger charge is -2.25. The first-order valence-corrected chi connectivity index (χ1v) is 16.6. The molecule has 6 atom stereocenters. The molecule has 0 bridgehead atoms. The third-order valence-electron chi connectivity index (χ3n) is 10.3. The Morgan fingerprint density at radius 3 is 1.77 bits per heavy atom. The summed E-state index contributed by atoms with van der Waals surface area (Å²) in [4.78, 5) is 25.2. The van der Waals surface area contributed by atoms with E-state index in [2.05, 4.69) is 80.4 Å². The molecule has 15 heteroatoms. The minimum atomic E-state index is -0.974. The van der Waals surface area contributed by atoms with Gasteiger partial charge in [0.15, 0.2) is 22.6 Å². The Morgan fingerprint density at radius 2 is 1.36 bits per heavy atom. The molecular formula is C32H39N11O4. The van der Waals surface area contributed by atoms with E-state index in [1.165, 1.54) is 0 Å². The van der Waals surface area contributed by atoms with E-state index < -0.39 is 6.09 Å². The molecule has 3 fully saturated rings. The number of amides is 1. The molecule has 3 aliphatic rings. The number of carbonyl (C=O) groups is 1. The topological polar surface area (TPSA) is 186 Å². The molecule has 0 unspecified atom stereocenters. The lowest BCUT2D eigenvalue weighted by atomic mass is 9.93. The number of rotatable bonds is 7. The van der Waals surface area contributed by atoms with Crippen LogP contribution < -0.4 is 5.32 Å². The van der Waals surface area contributed by atoms with E-state index in [4.69, 9.17) is 14.6 Å². The molecule has 15 nitrogen and oxygen atoms in total. The fourth-order valence-corrected chi connectivity index (χ4v) is 7.95. The average Bonchev–Trinajstić information content (AvgIpc) is 3.88. The number of hydrogen-bond donors (Lipinski definition) is 4. The Labute approximate surface area is 269 Å². The molecule has 7 heterocycles. The van der Waals surface area contributed by atoms with E-state index in [-0.39, 0.29) is 18.2 Å². The number of fused-ring (bicyclic) bond motifs is 6. The molecule has 2 aliphatic carbocycles. The molecule has 0 spiro atoms. The number of aromatic nitrogens is 10. The van der Waals surface area contributed by atoms with Crippen LogP contribution in [0, 0.1) is 11.8 Å². The van der Waals surface area contributed by atoms with E-state index in [0.717, 1.165) is 83.8 Å². The third-order valence-corrected chi connectivity index (χ3v) is 10.3. The smallest absolute Gasteiger partial charge is 0.405 e. The number of ether oxygens (including phenoxy) is 2. The minimum Gasteiger partial charge on any atom is -0.465 e. The second kappa shape index (κ2) is 12.2. The quantitative estimate of drug-likeness (QED) is 0.194. The van der Waals surface area contributed by atoms with Gasteiger partial charge in [-0.25, -0.2) is 14.8 Å². The molecule has 6 aromatic rings. The standard InChI is InChI=1S/C28H32N10O.C4H7NO3/c1-3-15-9-17(11-19(15)27-35-33-23-13-31-25-21(37(23)27)5-7-29-25)39-18-10-16(4-2)20(12-18)28-36-34-24-14-32-26-22(38(24)28)6-8-30-26;6-4(7)5-3-1-8-2-3/h5-8,13-20,29-30H,3-4,9-12H2,1-2H3;3,5H,1-2H2,(H,6,7)/t15-,16-,17-,18-,19+,20+;/m1./s1. The fourth-order valence-electron chi connectivity index (χ4n) is 7.95. The van der Waals surface area contributed by atoms with Crippen molar-refractivity contribution in [3.05, 3.63) is 48.6 Å². The Balaban J connectivity index is 0.000000357. The lowest BCUT2D eigenvalue weighted by Crippen LogP contribution is -2.48. The maximum atomic E-state index is 9.84. The van der Waals surface area contributed by atoms with Crippen molar-refractivity contribution in [2.24, 2.45) is 11.8 Å². The van der Waals surface area contributed by atoms with Gasteiger partial charge in [0, 0.05) is 24.2 Å². The highest BCUT2D eigenvalue weighted by molar-refractivity contribution is 5.75. The Hall–Kier alpha value is -4.63. The molecule has 0 aromatic carbocycles. The van der Waals surface area contributed by atoms with Crippen LogP contribution in [-0.2, 0) is 9.47 Å². The van der Waals surface area contributed by atoms with Gasteiger partial charge in [-0.15, -0.1) is 20.4 Å². The van der Waals surface area contributed by atoms with Crippen LogP contribution in [0.3, 0.4) is 0 Å². The van der Waals surface area contributed by atoms with E-state index >= 15 is 0 Å². The van der Waals surface area contributed by atoms with Gasteiger partial charge in [-0.3, -0.25) is 8.80 Å². The van der Waals surface area contributed by atoms with E-state index in [1.807, 2.05) is 12.4 Å². The molecule has 246 valence electrons. The van der Waals surface area contributed by atoms with Crippen molar-refractivity contribution in [3.63, 3.8) is 0 Å². The molecule has 1 saturated heterocycles. The van der Waals surface area contributed by atoms with Crippen LogP contribution in [0.1, 0.15) is 75.9 Å². The largest absolute Gasteiger partial charge is 0.465 e. The molecule has 9 rings (SSSR count). The predicted octanol–water partition coefficient (Wildman–Crippen LogP) is 4.44. The van der Waals surface area contributed by atoms with Crippen LogP contribution >= 0.6 is 0 Å². The van der Waals surface area contributed by atoms with Gasteiger partial charge in [-0.2, -0.15) is 0 Å². The van der Waals surface area contributed by atoms with Gasteiger partial charge < -0.3 is 29.9 Å². The van der Waals surface area contributed by atoms with Crippen molar-refractivity contribution in [2.45, 2.75) is 82.5 Å². The van der Waals surface area contributed by atoms with Crippen molar-refractivity contribution in [1.82, 2.24) is 54.4 Å². The van der Waals surface area contributed by atoms with E-state index in [0.29, 0.717) is 36.9 Å². The molecule has 1 aliphatic heterocycles. The second-order valence-electron chi connectivity index (χ2n) is 13.0. The summed E-state index contributed by atoms with van der Waals surface area (Å²) < 4.78 is 16.0. The molecule has 6 aromatic heterocycles. The normalized spacial score (nSPS) is 26.3. The van der Waals surface area contributed by atoms with Crippen molar-refractivity contribution >= 4 is 39.7 Å². The molecule has 4 N–H and O–H groups in total.